The molecule has 0 heterocycles. The highest BCUT2D eigenvalue weighted by Gasteiger charge is 2.30. The number of nitrogens with zero attached hydrogens (tertiary/aromatic N) is 1. The van der Waals surface area contributed by atoms with Crippen molar-refractivity contribution in [3.63, 3.8) is 0 Å². The highest BCUT2D eigenvalue weighted by atomic mass is 16.4. The summed E-state index contributed by atoms with van der Waals surface area (Å²) in [5.41, 5.74) is -0.848. The number of rotatable bonds is 7. The van der Waals surface area contributed by atoms with Gasteiger partial charge in [0, 0.05) is 12.6 Å². The standard InChI is InChI=1S/C12H25NO3/c1-6-10(4)13(7-11(14)15)8-12(5,16)9(2)3/h9-10,16H,6-8H2,1-5H3,(H,14,15). The second-order valence-corrected chi connectivity index (χ2v) is 5.07. The SMILES string of the molecule is CCC(C)N(CC(=O)O)CC(C)(O)C(C)C. The number of carboxylic acids is 1. The van der Waals surface area contributed by atoms with Gasteiger partial charge < -0.3 is 10.2 Å². The Balaban J connectivity index is 4.59. The van der Waals surface area contributed by atoms with Crippen LogP contribution in [0.1, 0.15) is 41.0 Å². The summed E-state index contributed by atoms with van der Waals surface area (Å²) in [5, 5.41) is 19.0. The second-order valence-electron chi connectivity index (χ2n) is 5.07. The van der Waals surface area contributed by atoms with Crippen LogP contribution >= 0.6 is 0 Å². The summed E-state index contributed by atoms with van der Waals surface area (Å²) in [6.07, 6.45) is 0.876. The van der Waals surface area contributed by atoms with Gasteiger partial charge in [-0.1, -0.05) is 20.8 Å². The summed E-state index contributed by atoms with van der Waals surface area (Å²) >= 11 is 0. The maximum Gasteiger partial charge on any atom is 0.317 e. The molecule has 0 saturated heterocycles. The lowest BCUT2D eigenvalue weighted by Gasteiger charge is -2.36. The molecule has 2 unspecified atom stereocenters. The van der Waals surface area contributed by atoms with E-state index in [0.717, 1.165) is 6.42 Å². The molecule has 0 aromatic heterocycles. The van der Waals surface area contributed by atoms with Crippen molar-refractivity contribution in [2.24, 2.45) is 5.92 Å². The van der Waals surface area contributed by atoms with Crippen LogP contribution in [0.25, 0.3) is 0 Å². The number of aliphatic hydroxyl groups is 1. The van der Waals surface area contributed by atoms with E-state index < -0.39 is 11.6 Å². The number of carboxylic acid groups (broad SMARTS) is 1. The zero-order valence-corrected chi connectivity index (χ0v) is 11.0. The van der Waals surface area contributed by atoms with Crippen LogP contribution in [-0.2, 0) is 4.79 Å². The number of carbonyl (C=O) groups is 1. The first kappa shape index (κ1) is 15.4. The van der Waals surface area contributed by atoms with Crippen molar-refractivity contribution in [3.8, 4) is 0 Å². The number of hydrogen-bond acceptors (Lipinski definition) is 3. The molecule has 0 bridgehead atoms. The van der Waals surface area contributed by atoms with Crippen LogP contribution < -0.4 is 0 Å². The minimum Gasteiger partial charge on any atom is -0.480 e. The van der Waals surface area contributed by atoms with E-state index in [1.165, 1.54) is 0 Å². The van der Waals surface area contributed by atoms with E-state index in [-0.39, 0.29) is 18.5 Å². The van der Waals surface area contributed by atoms with Crippen LogP contribution in [0.5, 0.6) is 0 Å². The van der Waals surface area contributed by atoms with Crippen molar-refractivity contribution in [1.29, 1.82) is 0 Å². The van der Waals surface area contributed by atoms with E-state index in [4.69, 9.17) is 5.11 Å². The monoisotopic (exact) mass is 231 g/mol. The first-order valence-electron chi connectivity index (χ1n) is 5.89. The molecule has 0 aliphatic rings. The van der Waals surface area contributed by atoms with Gasteiger partial charge in [0.2, 0.25) is 0 Å². The Morgan fingerprint density at radius 2 is 1.88 bits per heavy atom. The molecule has 0 aliphatic carbocycles. The largest absolute Gasteiger partial charge is 0.480 e. The molecule has 16 heavy (non-hydrogen) atoms. The molecule has 2 atom stereocenters. The zero-order chi connectivity index (χ0) is 12.9. The van der Waals surface area contributed by atoms with Crippen LogP contribution in [0.15, 0.2) is 0 Å². The Bertz CT molecular complexity index is 226. The van der Waals surface area contributed by atoms with Crippen molar-refractivity contribution in [3.05, 3.63) is 0 Å². The van der Waals surface area contributed by atoms with Gasteiger partial charge in [0.1, 0.15) is 0 Å². The molecule has 4 heteroatoms. The predicted octanol–water partition coefficient (Wildman–Crippen LogP) is 1.58. The predicted molar refractivity (Wildman–Crippen MR) is 64.4 cm³/mol. The Labute approximate surface area is 98.3 Å². The molecular weight excluding hydrogens is 206 g/mol. The van der Waals surface area contributed by atoms with Crippen molar-refractivity contribution in [1.82, 2.24) is 4.90 Å². The maximum absolute atomic E-state index is 10.8. The molecular formula is C12H25NO3. The van der Waals surface area contributed by atoms with E-state index in [1.807, 2.05) is 32.6 Å². The van der Waals surface area contributed by atoms with Crippen LogP contribution in [0.2, 0.25) is 0 Å². The molecule has 0 saturated carbocycles. The lowest BCUT2D eigenvalue weighted by atomic mass is 9.91. The highest BCUT2D eigenvalue weighted by molar-refractivity contribution is 5.69. The lowest BCUT2D eigenvalue weighted by molar-refractivity contribution is -0.140. The smallest absolute Gasteiger partial charge is 0.317 e. The number of hydrogen-bond donors (Lipinski definition) is 2. The molecule has 4 nitrogen and oxygen atoms in total. The molecule has 0 rings (SSSR count). The van der Waals surface area contributed by atoms with Gasteiger partial charge in [-0.25, -0.2) is 0 Å². The molecule has 0 aliphatic heterocycles. The van der Waals surface area contributed by atoms with Crippen molar-refractivity contribution < 1.29 is 15.0 Å². The first-order chi connectivity index (χ1) is 7.20. The summed E-state index contributed by atoms with van der Waals surface area (Å²) in [7, 11) is 0. The summed E-state index contributed by atoms with van der Waals surface area (Å²) in [6.45, 7) is 10.0. The first-order valence-corrected chi connectivity index (χ1v) is 5.89. The van der Waals surface area contributed by atoms with E-state index in [1.54, 1.807) is 6.92 Å². The Morgan fingerprint density at radius 3 is 2.19 bits per heavy atom. The third-order valence-corrected chi connectivity index (χ3v) is 3.32. The highest BCUT2D eigenvalue weighted by Crippen LogP contribution is 2.19. The van der Waals surface area contributed by atoms with Gasteiger partial charge >= 0.3 is 5.97 Å². The van der Waals surface area contributed by atoms with Crippen molar-refractivity contribution in [2.75, 3.05) is 13.1 Å². The third-order valence-electron chi connectivity index (χ3n) is 3.32. The second kappa shape index (κ2) is 6.21. The Hall–Kier alpha value is -0.610. The van der Waals surface area contributed by atoms with Gasteiger partial charge in [-0.3, -0.25) is 9.69 Å². The fourth-order valence-electron chi connectivity index (χ4n) is 1.39. The van der Waals surface area contributed by atoms with Gasteiger partial charge in [0.25, 0.3) is 0 Å². The molecule has 0 fully saturated rings. The van der Waals surface area contributed by atoms with Crippen LogP contribution in [0.3, 0.4) is 0 Å². The van der Waals surface area contributed by atoms with Gasteiger partial charge in [0.15, 0.2) is 0 Å². The van der Waals surface area contributed by atoms with Crippen LogP contribution in [-0.4, -0.2) is 45.8 Å². The average Bonchev–Trinajstić information content (AvgIpc) is 2.14. The molecule has 0 spiro atoms. The Kier molecular flexibility index (Phi) is 5.97. The summed E-state index contributed by atoms with van der Waals surface area (Å²) in [5.74, 6) is -0.743. The fourth-order valence-corrected chi connectivity index (χ4v) is 1.39. The Morgan fingerprint density at radius 1 is 1.38 bits per heavy atom. The van der Waals surface area contributed by atoms with E-state index in [2.05, 4.69) is 0 Å². The van der Waals surface area contributed by atoms with Crippen molar-refractivity contribution in [2.45, 2.75) is 52.7 Å². The van der Waals surface area contributed by atoms with E-state index in [9.17, 15) is 9.90 Å². The number of aliphatic carboxylic acids is 1. The zero-order valence-electron chi connectivity index (χ0n) is 11.0. The maximum atomic E-state index is 10.8. The molecule has 2 N–H and O–H groups in total. The quantitative estimate of drug-likeness (QED) is 0.698. The molecule has 0 aromatic carbocycles. The lowest BCUT2D eigenvalue weighted by Crippen LogP contribution is -2.49. The molecule has 0 amide bonds. The minimum atomic E-state index is -0.848. The molecule has 96 valence electrons. The summed E-state index contributed by atoms with van der Waals surface area (Å²) < 4.78 is 0. The molecule has 0 radical (unpaired) electrons. The van der Waals surface area contributed by atoms with Gasteiger partial charge in [-0.15, -0.1) is 0 Å². The average molecular weight is 231 g/mol. The third kappa shape index (κ3) is 4.94. The minimum absolute atomic E-state index is 0.0160. The molecule has 0 aromatic rings. The summed E-state index contributed by atoms with van der Waals surface area (Å²) in [6, 6.07) is 0.168. The van der Waals surface area contributed by atoms with Gasteiger partial charge in [-0.05, 0) is 26.2 Å². The van der Waals surface area contributed by atoms with Crippen LogP contribution in [0.4, 0.5) is 0 Å². The van der Waals surface area contributed by atoms with E-state index in [0.29, 0.717) is 6.54 Å². The van der Waals surface area contributed by atoms with Crippen molar-refractivity contribution >= 4 is 5.97 Å². The topological polar surface area (TPSA) is 60.8 Å². The van der Waals surface area contributed by atoms with E-state index >= 15 is 0 Å². The summed E-state index contributed by atoms with van der Waals surface area (Å²) in [4.78, 5) is 12.6. The fraction of sp³-hybridized carbons (Fsp3) is 0.917. The van der Waals surface area contributed by atoms with Gasteiger partial charge in [-0.2, -0.15) is 0 Å². The normalized spacial score (nSPS) is 17.5. The van der Waals surface area contributed by atoms with Gasteiger partial charge in [0.05, 0.1) is 12.1 Å². The van der Waals surface area contributed by atoms with Crippen LogP contribution in [0, 0.1) is 5.92 Å².